The smallest absolute Gasteiger partial charge is 0.288 e. The molecule has 0 bridgehead atoms. The van der Waals surface area contributed by atoms with Crippen LogP contribution in [0.2, 0.25) is 0 Å². The predicted molar refractivity (Wildman–Crippen MR) is 114 cm³/mol. The minimum atomic E-state index is -2.59. The Morgan fingerprint density at radius 2 is 1.20 bits per heavy atom. The first-order chi connectivity index (χ1) is 12.1. The molecule has 3 aromatic carbocycles. The van der Waals surface area contributed by atoms with E-state index in [4.69, 9.17) is 11.8 Å². The van der Waals surface area contributed by atoms with Crippen molar-refractivity contribution >= 4 is 43.3 Å². The number of nitrogens with zero attached hydrogens (tertiary/aromatic N) is 1. The Bertz CT molecular complexity index is 966. The van der Waals surface area contributed by atoms with Gasteiger partial charge < -0.3 is 0 Å². The van der Waals surface area contributed by atoms with E-state index in [0.29, 0.717) is 0 Å². The van der Waals surface area contributed by atoms with E-state index in [9.17, 15) is 4.55 Å². The summed E-state index contributed by atoms with van der Waals surface area (Å²) in [5.41, 5.74) is 0. The van der Waals surface area contributed by atoms with Gasteiger partial charge in [-0.2, -0.15) is 0 Å². The molecule has 0 spiro atoms. The summed E-state index contributed by atoms with van der Waals surface area (Å²) in [5, 5.41) is 5.41. The second-order valence-electron chi connectivity index (χ2n) is 5.42. The fourth-order valence-electron chi connectivity index (χ4n) is 2.52. The molecule has 1 unspecified atom stereocenters. The summed E-state index contributed by atoms with van der Waals surface area (Å²) in [6, 6.07) is 26.9. The van der Waals surface area contributed by atoms with Gasteiger partial charge in [-0.3, -0.25) is 4.55 Å². The van der Waals surface area contributed by atoms with Gasteiger partial charge in [-0.15, -0.1) is 0 Å². The van der Waals surface area contributed by atoms with Crippen molar-refractivity contribution in [2.75, 3.05) is 7.05 Å². The summed E-state index contributed by atoms with van der Waals surface area (Å²) in [6.45, 7) is 0. The lowest BCUT2D eigenvalue weighted by atomic mass is 10.4. The van der Waals surface area contributed by atoms with Crippen LogP contribution < -0.4 is 10.6 Å². The quantitative estimate of drug-likeness (QED) is 0.414. The molecule has 0 amide bonds. The summed E-state index contributed by atoms with van der Waals surface area (Å²) in [6.07, 6.45) is 0. The Kier molecular flexibility index (Phi) is 5.48. The number of benzene rings is 3. The molecule has 0 saturated carbocycles. The fraction of sp³-hybridized carbons (Fsp3) is 0.0500. The minimum Gasteiger partial charge on any atom is -0.288 e. The molecule has 3 aromatic rings. The minimum absolute atomic E-state index is 0.749. The molecule has 0 saturated heterocycles. The zero-order valence-electron chi connectivity index (χ0n) is 13.8. The first-order valence-electron chi connectivity index (χ1n) is 7.81. The normalized spacial score (nSPS) is 13.5. The Morgan fingerprint density at radius 3 is 1.60 bits per heavy atom. The Morgan fingerprint density at radius 1 is 0.800 bits per heavy atom. The van der Waals surface area contributed by atoms with Crippen molar-refractivity contribution in [2.24, 2.45) is 4.36 Å². The number of hydrogen-bond donors (Lipinski definition) is 1. The maximum absolute atomic E-state index is 11.3. The maximum atomic E-state index is 11.3. The van der Waals surface area contributed by atoms with Gasteiger partial charge in [-0.25, -0.2) is 4.36 Å². The summed E-state index contributed by atoms with van der Waals surface area (Å²) in [5.74, 6) is 0. The summed E-state index contributed by atoms with van der Waals surface area (Å²) >= 11 is 6.15. The van der Waals surface area contributed by atoms with Crippen LogP contribution in [0.1, 0.15) is 0 Å². The average molecular weight is 384 g/mol. The molecule has 1 N–H and O–H groups in total. The molecule has 0 heterocycles. The summed E-state index contributed by atoms with van der Waals surface area (Å²) < 4.78 is 15.6. The third kappa shape index (κ3) is 3.74. The molecule has 3 rings (SSSR count). The van der Waals surface area contributed by atoms with E-state index < -0.39 is 15.7 Å². The van der Waals surface area contributed by atoms with Crippen molar-refractivity contribution in [1.82, 2.24) is 0 Å². The predicted octanol–water partition coefficient (Wildman–Crippen LogP) is 4.25. The summed E-state index contributed by atoms with van der Waals surface area (Å²) in [4.78, 5) is 0.749. The van der Waals surface area contributed by atoms with Gasteiger partial charge in [0.1, 0.15) is 0 Å². The zero-order chi connectivity index (χ0) is 17.8. The second kappa shape index (κ2) is 7.61. The van der Waals surface area contributed by atoms with E-state index in [1.165, 1.54) is 0 Å². The van der Waals surface area contributed by atoms with Crippen LogP contribution in [0.3, 0.4) is 0 Å². The SMILES string of the molecule is CN=S(O)(=[C+]P(=S)(c1ccccc1)c1ccccc1)c1ccccc1. The molecule has 25 heavy (non-hydrogen) atoms. The van der Waals surface area contributed by atoms with Gasteiger partial charge in [0.15, 0.2) is 0 Å². The van der Waals surface area contributed by atoms with Crippen LogP contribution >= 0.6 is 6.04 Å². The molecule has 2 nitrogen and oxygen atoms in total. The average Bonchev–Trinajstić information content (AvgIpc) is 2.70. The van der Waals surface area contributed by atoms with Crippen molar-refractivity contribution in [3.05, 3.63) is 91.0 Å². The van der Waals surface area contributed by atoms with Gasteiger partial charge in [0, 0.05) is 17.7 Å². The van der Waals surface area contributed by atoms with Crippen LogP contribution in [-0.4, -0.2) is 16.7 Å². The molecule has 0 aliphatic heterocycles. The lowest BCUT2D eigenvalue weighted by Crippen LogP contribution is -2.19. The van der Waals surface area contributed by atoms with Gasteiger partial charge in [-0.05, 0) is 48.2 Å². The topological polar surface area (TPSA) is 32.6 Å². The van der Waals surface area contributed by atoms with Gasteiger partial charge in [0.2, 0.25) is 9.69 Å². The maximum Gasteiger partial charge on any atom is 0.330 e. The molecule has 0 aliphatic carbocycles. The van der Waals surface area contributed by atoms with E-state index >= 15 is 0 Å². The van der Waals surface area contributed by atoms with Crippen LogP contribution in [0.15, 0.2) is 100 Å². The van der Waals surface area contributed by atoms with Crippen molar-refractivity contribution in [2.45, 2.75) is 4.90 Å². The van der Waals surface area contributed by atoms with Crippen LogP contribution in [-0.2, 0) is 21.5 Å². The van der Waals surface area contributed by atoms with E-state index in [0.717, 1.165) is 15.5 Å². The lowest BCUT2D eigenvalue weighted by molar-refractivity contribution is 0.644. The van der Waals surface area contributed by atoms with Gasteiger partial charge in [0.25, 0.3) is 6.04 Å². The second-order valence-corrected chi connectivity index (χ2v) is 12.0. The third-order valence-corrected chi connectivity index (χ3v) is 11.3. The first kappa shape index (κ1) is 18.0. The molecule has 1 atom stereocenters. The van der Waals surface area contributed by atoms with E-state index in [1.807, 2.05) is 91.0 Å². The van der Waals surface area contributed by atoms with E-state index in [-0.39, 0.29) is 0 Å². The van der Waals surface area contributed by atoms with Crippen LogP contribution in [0, 0.1) is 0 Å². The molecular weight excluding hydrogens is 365 g/mol. The highest BCUT2D eigenvalue weighted by atomic mass is 32.4. The lowest BCUT2D eigenvalue weighted by Gasteiger charge is -2.10. The molecular formula is C20H19NOPS2+. The van der Waals surface area contributed by atoms with Crippen molar-refractivity contribution in [1.29, 1.82) is 0 Å². The van der Waals surface area contributed by atoms with Crippen LogP contribution in [0.25, 0.3) is 0 Å². The largest absolute Gasteiger partial charge is 0.330 e. The molecule has 0 aliphatic rings. The Balaban J connectivity index is 2.32. The van der Waals surface area contributed by atoms with Gasteiger partial charge in [0.05, 0.1) is 4.90 Å². The van der Waals surface area contributed by atoms with Crippen molar-refractivity contribution < 1.29 is 4.55 Å². The number of rotatable bonds is 4. The third-order valence-electron chi connectivity index (χ3n) is 3.83. The zero-order valence-corrected chi connectivity index (χ0v) is 16.3. The molecule has 5 heteroatoms. The van der Waals surface area contributed by atoms with Crippen molar-refractivity contribution in [3.63, 3.8) is 0 Å². The van der Waals surface area contributed by atoms with Crippen LogP contribution in [0.4, 0.5) is 0 Å². The molecule has 0 radical (unpaired) electrons. The highest BCUT2D eigenvalue weighted by Crippen LogP contribution is 2.42. The molecule has 0 fully saturated rings. The number of hydrogen-bond acceptors (Lipinski definition) is 2. The monoisotopic (exact) mass is 384 g/mol. The highest BCUT2D eigenvalue weighted by molar-refractivity contribution is 8.34. The van der Waals surface area contributed by atoms with E-state index in [1.54, 1.807) is 7.05 Å². The van der Waals surface area contributed by atoms with Crippen molar-refractivity contribution in [3.8, 4) is 0 Å². The van der Waals surface area contributed by atoms with E-state index in [2.05, 4.69) is 9.47 Å². The first-order valence-corrected chi connectivity index (χ1v) is 12.2. The standard InChI is InChI=1S/C20H19NOPS2/c1-21-25(22,20-15-9-4-10-16-20)17-23(24,18-11-5-2-6-12-18)19-13-7-3-8-14-19/h2-16H,1H3,(H,21,22)/q+1. The van der Waals surface area contributed by atoms with Gasteiger partial charge >= 0.3 is 5.11 Å². The molecule has 126 valence electrons. The molecule has 0 aromatic heterocycles. The highest BCUT2D eigenvalue weighted by Gasteiger charge is 2.37. The fourth-order valence-corrected chi connectivity index (χ4v) is 9.44. The Labute approximate surface area is 155 Å². The van der Waals surface area contributed by atoms with Crippen LogP contribution in [0.5, 0.6) is 0 Å². The Hall–Kier alpha value is -1.80. The van der Waals surface area contributed by atoms with Gasteiger partial charge in [-0.1, -0.05) is 54.6 Å². The summed E-state index contributed by atoms with van der Waals surface area (Å²) in [7, 11) is -0.959.